The van der Waals surface area contributed by atoms with Crippen molar-refractivity contribution in [2.24, 2.45) is 5.41 Å². The summed E-state index contributed by atoms with van der Waals surface area (Å²) >= 11 is 1.59. The van der Waals surface area contributed by atoms with Crippen LogP contribution in [0, 0.1) is 5.41 Å². The fourth-order valence-electron chi connectivity index (χ4n) is 1.68. The van der Waals surface area contributed by atoms with Crippen molar-refractivity contribution in [3.63, 3.8) is 0 Å². The Morgan fingerprint density at radius 1 is 1.25 bits per heavy atom. The molecule has 2 rings (SSSR count). The van der Waals surface area contributed by atoms with Crippen molar-refractivity contribution in [2.45, 2.75) is 17.7 Å². The lowest BCUT2D eigenvalue weighted by Gasteiger charge is -2.08. The number of benzene rings is 1. The Labute approximate surface area is 97.9 Å². The lowest BCUT2D eigenvalue weighted by molar-refractivity contribution is -0.141. The van der Waals surface area contributed by atoms with Gasteiger partial charge in [0.2, 0.25) is 0 Å². The van der Waals surface area contributed by atoms with Crippen LogP contribution in [0.15, 0.2) is 29.2 Å². The molecule has 0 bridgehead atoms. The zero-order valence-electron chi connectivity index (χ0n) is 8.90. The first-order valence-electron chi connectivity index (χ1n) is 5.02. The number of carbonyl (C=O) groups excluding carboxylic acids is 1. The van der Waals surface area contributed by atoms with Crippen LogP contribution < -0.4 is 0 Å². The summed E-state index contributed by atoms with van der Waals surface area (Å²) in [5, 5.41) is 9.01. The molecule has 84 valence electrons. The SMILES string of the molecule is CSc1ccc(C(=O)C2(C(=O)O)CC2)cc1. The number of ketones is 1. The largest absolute Gasteiger partial charge is 0.480 e. The highest BCUT2D eigenvalue weighted by molar-refractivity contribution is 7.98. The summed E-state index contributed by atoms with van der Waals surface area (Å²) in [6.07, 6.45) is 2.88. The number of aliphatic carboxylic acids is 1. The minimum atomic E-state index is -1.12. The summed E-state index contributed by atoms with van der Waals surface area (Å²) < 4.78 is 0. The molecule has 1 aliphatic rings. The number of hydrogen-bond donors (Lipinski definition) is 1. The summed E-state index contributed by atoms with van der Waals surface area (Å²) in [6.45, 7) is 0. The highest BCUT2D eigenvalue weighted by atomic mass is 32.2. The molecular weight excluding hydrogens is 224 g/mol. The number of carboxylic acids is 1. The third-order valence-corrected chi connectivity index (χ3v) is 3.69. The second-order valence-electron chi connectivity index (χ2n) is 3.94. The molecule has 1 aromatic carbocycles. The molecule has 0 aliphatic heterocycles. The van der Waals surface area contributed by atoms with Gasteiger partial charge in [-0.05, 0) is 31.2 Å². The van der Waals surface area contributed by atoms with Crippen LogP contribution in [0.25, 0.3) is 0 Å². The van der Waals surface area contributed by atoms with Crippen LogP contribution >= 0.6 is 11.8 Å². The molecule has 1 N–H and O–H groups in total. The highest BCUT2D eigenvalue weighted by Crippen LogP contribution is 2.48. The van der Waals surface area contributed by atoms with E-state index in [0.717, 1.165) is 4.90 Å². The van der Waals surface area contributed by atoms with Gasteiger partial charge in [0.15, 0.2) is 5.78 Å². The van der Waals surface area contributed by atoms with E-state index in [0.29, 0.717) is 18.4 Å². The molecule has 0 unspecified atom stereocenters. The van der Waals surface area contributed by atoms with Crippen LogP contribution in [0.3, 0.4) is 0 Å². The van der Waals surface area contributed by atoms with Crippen LogP contribution in [0.1, 0.15) is 23.2 Å². The zero-order chi connectivity index (χ0) is 11.8. The lowest BCUT2D eigenvalue weighted by Crippen LogP contribution is -2.25. The van der Waals surface area contributed by atoms with Gasteiger partial charge in [0.1, 0.15) is 5.41 Å². The summed E-state index contributed by atoms with van der Waals surface area (Å²) in [5.74, 6) is -1.25. The number of thioether (sulfide) groups is 1. The van der Waals surface area contributed by atoms with Crippen molar-refractivity contribution in [1.82, 2.24) is 0 Å². The van der Waals surface area contributed by atoms with Crippen molar-refractivity contribution in [3.8, 4) is 0 Å². The molecule has 0 amide bonds. The van der Waals surface area contributed by atoms with Gasteiger partial charge in [0.25, 0.3) is 0 Å². The van der Waals surface area contributed by atoms with Gasteiger partial charge in [-0.3, -0.25) is 9.59 Å². The Bertz CT molecular complexity index is 432. The molecule has 0 saturated heterocycles. The monoisotopic (exact) mass is 236 g/mol. The Hall–Kier alpha value is -1.29. The molecule has 0 radical (unpaired) electrons. The average molecular weight is 236 g/mol. The summed E-state index contributed by atoms with van der Waals surface area (Å²) in [4.78, 5) is 24.0. The predicted octanol–water partition coefficient (Wildman–Crippen LogP) is 2.46. The molecule has 16 heavy (non-hydrogen) atoms. The molecule has 0 aromatic heterocycles. The van der Waals surface area contributed by atoms with Gasteiger partial charge >= 0.3 is 5.97 Å². The van der Waals surface area contributed by atoms with Gasteiger partial charge in [0, 0.05) is 10.5 Å². The number of carbonyl (C=O) groups is 2. The van der Waals surface area contributed by atoms with E-state index >= 15 is 0 Å². The van der Waals surface area contributed by atoms with Crippen LogP contribution in [0.2, 0.25) is 0 Å². The smallest absolute Gasteiger partial charge is 0.317 e. The van der Waals surface area contributed by atoms with E-state index in [1.807, 2.05) is 18.4 Å². The van der Waals surface area contributed by atoms with Crippen molar-refractivity contribution in [3.05, 3.63) is 29.8 Å². The zero-order valence-corrected chi connectivity index (χ0v) is 9.71. The van der Waals surface area contributed by atoms with Gasteiger partial charge < -0.3 is 5.11 Å². The molecule has 1 fully saturated rings. The summed E-state index contributed by atoms with van der Waals surface area (Å²) in [6, 6.07) is 7.10. The Balaban J connectivity index is 2.25. The van der Waals surface area contributed by atoms with E-state index < -0.39 is 11.4 Å². The lowest BCUT2D eigenvalue weighted by atomic mass is 9.95. The molecule has 0 atom stereocenters. The van der Waals surface area contributed by atoms with Gasteiger partial charge in [-0.15, -0.1) is 11.8 Å². The number of rotatable bonds is 4. The minimum absolute atomic E-state index is 0.257. The van der Waals surface area contributed by atoms with Gasteiger partial charge in [-0.25, -0.2) is 0 Å². The second-order valence-corrected chi connectivity index (χ2v) is 4.82. The first kappa shape index (κ1) is 11.2. The van der Waals surface area contributed by atoms with Crippen molar-refractivity contribution >= 4 is 23.5 Å². The normalized spacial score (nSPS) is 16.8. The Morgan fingerprint density at radius 2 is 1.81 bits per heavy atom. The third kappa shape index (κ3) is 1.73. The van der Waals surface area contributed by atoms with E-state index in [1.165, 1.54) is 0 Å². The van der Waals surface area contributed by atoms with Crippen LogP contribution in [-0.2, 0) is 4.79 Å². The maximum absolute atomic E-state index is 12.0. The topological polar surface area (TPSA) is 54.4 Å². The van der Waals surface area contributed by atoms with Gasteiger partial charge in [-0.1, -0.05) is 12.1 Å². The fourth-order valence-corrected chi connectivity index (χ4v) is 2.09. The standard InChI is InChI=1S/C12H12O3S/c1-16-9-4-2-8(3-5-9)10(13)12(6-7-12)11(14)15/h2-5H,6-7H2,1H3,(H,14,15). The summed E-state index contributed by atoms with van der Waals surface area (Å²) in [5.41, 5.74) is -0.626. The minimum Gasteiger partial charge on any atom is -0.480 e. The van der Waals surface area contributed by atoms with Crippen LogP contribution in [0.4, 0.5) is 0 Å². The van der Waals surface area contributed by atoms with Crippen molar-refractivity contribution < 1.29 is 14.7 Å². The highest BCUT2D eigenvalue weighted by Gasteiger charge is 2.56. The first-order chi connectivity index (χ1) is 7.60. The first-order valence-corrected chi connectivity index (χ1v) is 6.25. The number of carboxylic acid groups (broad SMARTS) is 1. The number of Topliss-reactive ketones (excluding diaryl/α,β-unsaturated/α-hetero) is 1. The van der Waals surface area contributed by atoms with Crippen LogP contribution in [-0.4, -0.2) is 23.1 Å². The molecule has 1 saturated carbocycles. The maximum atomic E-state index is 12.0. The molecule has 1 aliphatic carbocycles. The molecule has 0 heterocycles. The van der Waals surface area contributed by atoms with E-state index in [4.69, 9.17) is 5.11 Å². The molecule has 3 nitrogen and oxygen atoms in total. The van der Waals surface area contributed by atoms with E-state index in [1.54, 1.807) is 23.9 Å². The van der Waals surface area contributed by atoms with Crippen LogP contribution in [0.5, 0.6) is 0 Å². The molecule has 4 heteroatoms. The summed E-state index contributed by atoms with van der Waals surface area (Å²) in [7, 11) is 0. The van der Waals surface area contributed by atoms with Gasteiger partial charge in [-0.2, -0.15) is 0 Å². The maximum Gasteiger partial charge on any atom is 0.317 e. The fraction of sp³-hybridized carbons (Fsp3) is 0.333. The number of hydrogen-bond acceptors (Lipinski definition) is 3. The third-order valence-electron chi connectivity index (χ3n) is 2.95. The quantitative estimate of drug-likeness (QED) is 0.495. The van der Waals surface area contributed by atoms with E-state index in [-0.39, 0.29) is 5.78 Å². The van der Waals surface area contributed by atoms with Crippen molar-refractivity contribution in [2.75, 3.05) is 6.26 Å². The molecular formula is C12H12O3S. The second kappa shape index (κ2) is 3.94. The van der Waals surface area contributed by atoms with E-state index in [9.17, 15) is 9.59 Å². The van der Waals surface area contributed by atoms with E-state index in [2.05, 4.69) is 0 Å². The molecule has 0 spiro atoms. The Morgan fingerprint density at radius 3 is 2.19 bits per heavy atom. The Kier molecular flexibility index (Phi) is 2.76. The van der Waals surface area contributed by atoms with Gasteiger partial charge in [0.05, 0.1) is 0 Å². The van der Waals surface area contributed by atoms with Crippen molar-refractivity contribution in [1.29, 1.82) is 0 Å². The average Bonchev–Trinajstić information content (AvgIpc) is 3.09. The predicted molar refractivity (Wildman–Crippen MR) is 61.9 cm³/mol. The molecule has 1 aromatic rings.